The first kappa shape index (κ1) is 22.0. The van der Waals surface area contributed by atoms with Crippen molar-refractivity contribution in [3.05, 3.63) is 86.3 Å². The summed E-state index contributed by atoms with van der Waals surface area (Å²) < 4.78 is 19.5. The van der Waals surface area contributed by atoms with Crippen LogP contribution >= 0.6 is 22.9 Å². The number of hydrogen-bond donors (Lipinski definition) is 1. The standard InChI is InChI=1S/C24H19ClFNO4S/c1-3-31-18-11-14(7-8-17(18)25)21(28)19-20(23-13(2)9-10-32-23)27(24(30)22(19)29)16-6-4-5-15(26)12-16/h4-12,20,28H,3H2,1-2H3/b21-19-. The highest BCUT2D eigenvalue weighted by atomic mass is 35.5. The van der Waals surface area contributed by atoms with E-state index in [9.17, 15) is 19.1 Å². The number of aryl methyl sites for hydroxylation is 1. The molecule has 0 radical (unpaired) electrons. The Morgan fingerprint density at radius 1 is 1.22 bits per heavy atom. The number of hydrogen-bond acceptors (Lipinski definition) is 5. The van der Waals surface area contributed by atoms with Crippen molar-refractivity contribution in [2.24, 2.45) is 0 Å². The van der Waals surface area contributed by atoms with E-state index < -0.39 is 23.5 Å². The van der Waals surface area contributed by atoms with Gasteiger partial charge in [0.1, 0.15) is 23.4 Å². The Bertz CT molecular complexity index is 1250. The number of ketones is 1. The normalized spacial score (nSPS) is 17.8. The van der Waals surface area contributed by atoms with Gasteiger partial charge >= 0.3 is 0 Å². The van der Waals surface area contributed by atoms with Gasteiger partial charge in [0.2, 0.25) is 0 Å². The molecular formula is C24H19ClFNO4S. The molecule has 1 aliphatic rings. The molecule has 3 aromatic rings. The zero-order valence-corrected chi connectivity index (χ0v) is 18.8. The Kier molecular flexibility index (Phi) is 6.04. The summed E-state index contributed by atoms with van der Waals surface area (Å²) >= 11 is 7.51. The van der Waals surface area contributed by atoms with Crippen molar-refractivity contribution in [1.29, 1.82) is 0 Å². The Hall–Kier alpha value is -3.16. The Morgan fingerprint density at radius 2 is 2.00 bits per heavy atom. The summed E-state index contributed by atoms with van der Waals surface area (Å²) in [5.74, 6) is -2.23. The van der Waals surface area contributed by atoms with Gasteiger partial charge in [0.25, 0.3) is 11.7 Å². The number of nitrogens with zero attached hydrogens (tertiary/aromatic N) is 1. The van der Waals surface area contributed by atoms with Gasteiger partial charge in [-0.15, -0.1) is 11.3 Å². The first-order valence-corrected chi connectivity index (χ1v) is 11.1. The van der Waals surface area contributed by atoms with Crippen LogP contribution in [0.5, 0.6) is 5.75 Å². The van der Waals surface area contributed by atoms with E-state index in [1.807, 2.05) is 18.4 Å². The summed E-state index contributed by atoms with van der Waals surface area (Å²) in [5.41, 5.74) is 1.29. The number of anilines is 1. The maximum atomic E-state index is 14.0. The highest BCUT2D eigenvalue weighted by molar-refractivity contribution is 7.10. The van der Waals surface area contributed by atoms with E-state index in [2.05, 4.69) is 0 Å². The largest absolute Gasteiger partial charge is 0.507 e. The van der Waals surface area contributed by atoms with Crippen LogP contribution in [0.3, 0.4) is 0 Å². The molecule has 4 rings (SSSR count). The Labute approximate surface area is 193 Å². The monoisotopic (exact) mass is 471 g/mol. The molecule has 0 aliphatic carbocycles. The molecule has 1 aromatic heterocycles. The molecule has 5 nitrogen and oxygen atoms in total. The number of thiophene rings is 1. The fraction of sp³-hybridized carbons (Fsp3) is 0.167. The first-order chi connectivity index (χ1) is 15.3. The van der Waals surface area contributed by atoms with Crippen LogP contribution in [0.25, 0.3) is 5.76 Å². The summed E-state index contributed by atoms with van der Waals surface area (Å²) in [5, 5.41) is 13.4. The molecule has 1 fully saturated rings. The molecule has 2 heterocycles. The SMILES string of the molecule is CCOc1cc(/C(O)=C2/C(=O)C(=O)N(c3cccc(F)c3)C2c2sccc2C)ccc1Cl. The van der Waals surface area contributed by atoms with Crippen LogP contribution in [0.4, 0.5) is 10.1 Å². The number of Topliss-reactive ketones (excluding diaryl/α,β-unsaturated/α-hetero) is 1. The van der Waals surface area contributed by atoms with Gasteiger partial charge in [-0.3, -0.25) is 14.5 Å². The Morgan fingerprint density at radius 3 is 2.66 bits per heavy atom. The van der Waals surface area contributed by atoms with Crippen molar-refractivity contribution in [2.75, 3.05) is 11.5 Å². The van der Waals surface area contributed by atoms with E-state index in [4.69, 9.17) is 16.3 Å². The average Bonchev–Trinajstić information content (AvgIpc) is 3.30. The number of benzene rings is 2. The Balaban J connectivity index is 1.94. The first-order valence-electron chi connectivity index (χ1n) is 9.86. The van der Waals surface area contributed by atoms with Crippen molar-refractivity contribution in [1.82, 2.24) is 0 Å². The topological polar surface area (TPSA) is 66.8 Å². The van der Waals surface area contributed by atoms with Gasteiger partial charge < -0.3 is 9.84 Å². The van der Waals surface area contributed by atoms with Crippen LogP contribution in [0.15, 0.2) is 59.5 Å². The van der Waals surface area contributed by atoms with Crippen LogP contribution in [0, 0.1) is 12.7 Å². The van der Waals surface area contributed by atoms with Gasteiger partial charge in [0, 0.05) is 16.1 Å². The van der Waals surface area contributed by atoms with E-state index in [-0.39, 0.29) is 22.6 Å². The molecule has 1 N–H and O–H groups in total. The van der Waals surface area contributed by atoms with Crippen LogP contribution in [0.1, 0.15) is 29.0 Å². The predicted octanol–water partition coefficient (Wildman–Crippen LogP) is 5.87. The molecule has 1 amide bonds. The lowest BCUT2D eigenvalue weighted by Crippen LogP contribution is -2.29. The number of amides is 1. The molecule has 1 atom stereocenters. The molecule has 2 aromatic carbocycles. The third-order valence-electron chi connectivity index (χ3n) is 5.19. The second kappa shape index (κ2) is 8.76. The van der Waals surface area contributed by atoms with Crippen molar-refractivity contribution < 1.29 is 23.8 Å². The minimum absolute atomic E-state index is 0.0745. The summed E-state index contributed by atoms with van der Waals surface area (Å²) in [6.45, 7) is 4.02. The summed E-state index contributed by atoms with van der Waals surface area (Å²) in [6.07, 6.45) is 0. The zero-order valence-electron chi connectivity index (χ0n) is 17.3. The van der Waals surface area contributed by atoms with E-state index in [1.54, 1.807) is 25.1 Å². The summed E-state index contributed by atoms with van der Waals surface area (Å²) in [4.78, 5) is 28.1. The molecule has 32 heavy (non-hydrogen) atoms. The number of carbonyl (C=O) groups is 2. The van der Waals surface area contributed by atoms with Gasteiger partial charge in [0.15, 0.2) is 0 Å². The van der Waals surface area contributed by atoms with E-state index >= 15 is 0 Å². The van der Waals surface area contributed by atoms with Gasteiger partial charge in [-0.05, 0) is 67.3 Å². The van der Waals surface area contributed by atoms with E-state index in [0.29, 0.717) is 22.3 Å². The summed E-state index contributed by atoms with van der Waals surface area (Å²) in [7, 11) is 0. The molecule has 1 unspecified atom stereocenters. The van der Waals surface area contributed by atoms with Crippen molar-refractivity contribution in [3.63, 3.8) is 0 Å². The van der Waals surface area contributed by atoms with Crippen molar-refractivity contribution in [3.8, 4) is 5.75 Å². The molecule has 0 saturated carbocycles. The van der Waals surface area contributed by atoms with Gasteiger partial charge in [0.05, 0.1) is 17.2 Å². The molecule has 1 aliphatic heterocycles. The number of rotatable bonds is 5. The molecule has 1 saturated heterocycles. The van der Waals surface area contributed by atoms with Gasteiger partial charge in [-0.1, -0.05) is 17.7 Å². The molecule has 8 heteroatoms. The van der Waals surface area contributed by atoms with Crippen LogP contribution in [0.2, 0.25) is 5.02 Å². The second-order valence-corrected chi connectivity index (χ2v) is 8.55. The van der Waals surface area contributed by atoms with E-state index in [1.165, 1.54) is 40.5 Å². The van der Waals surface area contributed by atoms with Crippen molar-refractivity contribution >= 4 is 46.1 Å². The third kappa shape index (κ3) is 3.78. The maximum Gasteiger partial charge on any atom is 0.300 e. The third-order valence-corrected chi connectivity index (χ3v) is 6.57. The van der Waals surface area contributed by atoms with Crippen LogP contribution in [-0.4, -0.2) is 23.4 Å². The van der Waals surface area contributed by atoms with Crippen LogP contribution in [-0.2, 0) is 9.59 Å². The van der Waals surface area contributed by atoms with Crippen LogP contribution < -0.4 is 9.64 Å². The lowest BCUT2D eigenvalue weighted by molar-refractivity contribution is -0.132. The fourth-order valence-electron chi connectivity index (χ4n) is 3.71. The minimum atomic E-state index is -0.900. The smallest absolute Gasteiger partial charge is 0.300 e. The maximum absolute atomic E-state index is 14.0. The molecule has 0 bridgehead atoms. The minimum Gasteiger partial charge on any atom is -0.507 e. The average molecular weight is 472 g/mol. The summed E-state index contributed by atoms with van der Waals surface area (Å²) in [6, 6.07) is 11.1. The number of ether oxygens (including phenoxy) is 1. The molecule has 0 spiro atoms. The van der Waals surface area contributed by atoms with Crippen molar-refractivity contribution in [2.45, 2.75) is 19.9 Å². The predicted molar refractivity (Wildman–Crippen MR) is 123 cm³/mol. The quantitative estimate of drug-likeness (QED) is 0.287. The number of aliphatic hydroxyl groups is 1. The van der Waals surface area contributed by atoms with Gasteiger partial charge in [-0.25, -0.2) is 4.39 Å². The zero-order chi connectivity index (χ0) is 23.0. The number of aliphatic hydroxyl groups excluding tert-OH is 1. The highest BCUT2D eigenvalue weighted by Crippen LogP contribution is 2.45. The lowest BCUT2D eigenvalue weighted by Gasteiger charge is -2.25. The second-order valence-electron chi connectivity index (χ2n) is 7.20. The number of carbonyl (C=O) groups excluding carboxylic acids is 2. The molecular weight excluding hydrogens is 453 g/mol. The molecule has 164 valence electrons. The van der Waals surface area contributed by atoms with Gasteiger partial charge in [-0.2, -0.15) is 0 Å². The fourth-order valence-corrected chi connectivity index (χ4v) is 4.91. The number of halogens is 2. The highest BCUT2D eigenvalue weighted by Gasteiger charge is 2.48. The lowest BCUT2D eigenvalue weighted by atomic mass is 9.98. The van der Waals surface area contributed by atoms with E-state index in [0.717, 1.165) is 5.56 Å².